The lowest BCUT2D eigenvalue weighted by molar-refractivity contribution is -0.0994. The maximum atomic E-state index is 12.7. The molecule has 1 N–H and O–H groups in total. The number of H-pyrrole nitrogens is 1. The van der Waals surface area contributed by atoms with Gasteiger partial charge in [-0.05, 0) is 52.3 Å². The van der Waals surface area contributed by atoms with E-state index in [0.717, 1.165) is 25.9 Å². The quantitative estimate of drug-likeness (QED) is 0.742. The average molecular weight is 422 g/mol. The van der Waals surface area contributed by atoms with Crippen molar-refractivity contribution in [3.63, 3.8) is 0 Å². The fraction of sp³-hybridized carbons (Fsp3) is 0.650. The molecule has 29 heavy (non-hydrogen) atoms. The van der Waals surface area contributed by atoms with Gasteiger partial charge in [0.05, 0.1) is 31.2 Å². The number of aryl methyl sites for hydroxylation is 1. The largest absolute Gasteiger partial charge is 0.462 e. The number of nitrogens with zero attached hydrogens (tertiary/aromatic N) is 2. The van der Waals surface area contributed by atoms with Crippen LogP contribution in [0.5, 0.6) is 0 Å². The Bertz CT molecular complexity index is 941. The second-order valence-corrected chi connectivity index (χ2v) is 8.57. The van der Waals surface area contributed by atoms with Crippen molar-refractivity contribution in [3.8, 4) is 0 Å². The molecule has 2 aromatic heterocycles. The van der Waals surface area contributed by atoms with E-state index in [2.05, 4.69) is 16.8 Å². The van der Waals surface area contributed by atoms with Crippen molar-refractivity contribution in [1.82, 2.24) is 14.9 Å². The molecule has 4 rings (SSSR count). The van der Waals surface area contributed by atoms with Crippen LogP contribution in [-0.4, -0.2) is 60.0 Å². The summed E-state index contributed by atoms with van der Waals surface area (Å²) < 4.78 is 16.4. The zero-order valence-corrected chi connectivity index (χ0v) is 17.8. The van der Waals surface area contributed by atoms with Gasteiger partial charge in [-0.3, -0.25) is 9.69 Å². The van der Waals surface area contributed by atoms with Crippen molar-refractivity contribution in [2.45, 2.75) is 45.9 Å². The van der Waals surface area contributed by atoms with E-state index in [4.69, 9.17) is 19.2 Å². The second kappa shape index (κ2) is 8.51. The van der Waals surface area contributed by atoms with Crippen LogP contribution in [0, 0.1) is 12.8 Å². The number of hydrogen-bond acceptors (Lipinski definition) is 8. The number of likely N-dealkylation sites (tertiary alicyclic amines) is 1. The molecule has 4 heterocycles. The lowest BCUT2D eigenvalue weighted by atomic mass is 9.95. The number of aromatic amines is 1. The van der Waals surface area contributed by atoms with E-state index >= 15 is 0 Å². The van der Waals surface area contributed by atoms with Crippen LogP contribution in [0.1, 0.15) is 53.8 Å². The van der Waals surface area contributed by atoms with Crippen LogP contribution in [0.4, 0.5) is 0 Å². The molecule has 0 spiro atoms. The molecule has 0 radical (unpaired) electrons. The first-order valence-electron chi connectivity index (χ1n) is 10.2. The molecule has 1 unspecified atom stereocenters. The molecule has 1 atom stereocenters. The van der Waals surface area contributed by atoms with Gasteiger partial charge in [-0.15, -0.1) is 11.3 Å². The van der Waals surface area contributed by atoms with Crippen molar-refractivity contribution in [2.75, 3.05) is 32.9 Å². The molecular formula is C20H27N3O5S. The highest BCUT2D eigenvalue weighted by Crippen LogP contribution is 2.31. The Kier molecular flexibility index (Phi) is 6.00. The smallest absolute Gasteiger partial charge is 0.348 e. The first kappa shape index (κ1) is 20.5. The van der Waals surface area contributed by atoms with Crippen molar-refractivity contribution in [3.05, 3.63) is 26.6 Å². The van der Waals surface area contributed by atoms with Gasteiger partial charge in [-0.2, -0.15) is 0 Å². The summed E-state index contributed by atoms with van der Waals surface area (Å²) in [6.07, 6.45) is 1.91. The van der Waals surface area contributed by atoms with Crippen LogP contribution in [0.25, 0.3) is 10.2 Å². The summed E-state index contributed by atoms with van der Waals surface area (Å²) in [5.74, 6) is 0.647. The Hall–Kier alpha value is -1.81. The maximum Gasteiger partial charge on any atom is 0.348 e. The molecule has 0 saturated carbocycles. The normalized spacial score (nSPS) is 20.4. The topological polar surface area (TPSA) is 93.8 Å². The van der Waals surface area contributed by atoms with Gasteiger partial charge >= 0.3 is 5.97 Å². The van der Waals surface area contributed by atoms with Crippen molar-refractivity contribution < 1.29 is 19.0 Å². The van der Waals surface area contributed by atoms with Crippen molar-refractivity contribution >= 4 is 27.5 Å². The molecule has 9 heteroatoms. The summed E-state index contributed by atoms with van der Waals surface area (Å²) in [4.78, 5) is 35.9. The van der Waals surface area contributed by atoms with Crippen LogP contribution >= 0.6 is 11.3 Å². The van der Waals surface area contributed by atoms with Gasteiger partial charge < -0.3 is 19.2 Å². The Morgan fingerprint density at radius 2 is 2.03 bits per heavy atom. The summed E-state index contributed by atoms with van der Waals surface area (Å²) in [5.41, 5.74) is 0.428. The molecule has 2 aliphatic heterocycles. The molecule has 0 aromatic carbocycles. The van der Waals surface area contributed by atoms with Gasteiger partial charge in [0.2, 0.25) is 0 Å². The van der Waals surface area contributed by atoms with Gasteiger partial charge in [0.1, 0.15) is 15.5 Å². The fourth-order valence-corrected chi connectivity index (χ4v) is 5.23. The number of thiophene rings is 1. The number of rotatable bonds is 5. The van der Waals surface area contributed by atoms with Gasteiger partial charge in [0.15, 0.2) is 6.29 Å². The minimum atomic E-state index is -0.402. The Balaban J connectivity index is 1.53. The highest BCUT2D eigenvalue weighted by atomic mass is 32.1. The minimum Gasteiger partial charge on any atom is -0.462 e. The fourth-order valence-electron chi connectivity index (χ4n) is 4.15. The number of nitrogens with one attached hydrogen (secondary N) is 1. The first-order valence-corrected chi connectivity index (χ1v) is 11.0. The number of carbonyl (C=O) groups excluding carboxylic acids is 1. The molecule has 0 bridgehead atoms. The van der Waals surface area contributed by atoms with Crippen LogP contribution in [0.3, 0.4) is 0 Å². The summed E-state index contributed by atoms with van der Waals surface area (Å²) >= 11 is 1.22. The molecule has 2 fully saturated rings. The summed E-state index contributed by atoms with van der Waals surface area (Å²) in [7, 11) is 0. The van der Waals surface area contributed by atoms with Gasteiger partial charge in [0, 0.05) is 5.92 Å². The van der Waals surface area contributed by atoms with E-state index < -0.39 is 5.97 Å². The maximum absolute atomic E-state index is 12.7. The second-order valence-electron chi connectivity index (χ2n) is 7.57. The summed E-state index contributed by atoms with van der Waals surface area (Å²) in [6.45, 7) is 9.04. The van der Waals surface area contributed by atoms with Crippen molar-refractivity contribution in [2.24, 2.45) is 5.92 Å². The minimum absolute atomic E-state index is 0.0214. The van der Waals surface area contributed by atoms with Gasteiger partial charge in [0.25, 0.3) is 5.56 Å². The average Bonchev–Trinajstić information content (AvgIpc) is 3.36. The van der Waals surface area contributed by atoms with Crippen LogP contribution in [0.15, 0.2) is 4.79 Å². The Labute approximate surface area is 173 Å². The number of piperidine rings is 1. The number of fused-ring (bicyclic) bond motifs is 1. The molecule has 158 valence electrons. The third-order valence-corrected chi connectivity index (χ3v) is 7.00. The number of esters is 1. The number of hydrogen-bond donors (Lipinski definition) is 1. The van der Waals surface area contributed by atoms with E-state index in [0.29, 0.717) is 52.2 Å². The third-order valence-electron chi connectivity index (χ3n) is 5.83. The monoisotopic (exact) mass is 421 g/mol. The molecule has 2 aromatic rings. The summed E-state index contributed by atoms with van der Waals surface area (Å²) in [5, 5.41) is 0.475. The highest BCUT2D eigenvalue weighted by molar-refractivity contribution is 7.20. The Morgan fingerprint density at radius 3 is 2.69 bits per heavy atom. The van der Waals surface area contributed by atoms with Crippen LogP contribution in [-0.2, 0) is 14.2 Å². The molecule has 2 saturated heterocycles. The van der Waals surface area contributed by atoms with E-state index in [-0.39, 0.29) is 17.9 Å². The van der Waals surface area contributed by atoms with Crippen molar-refractivity contribution in [1.29, 1.82) is 0 Å². The predicted molar refractivity (Wildman–Crippen MR) is 109 cm³/mol. The number of ether oxygens (including phenoxy) is 3. The standard InChI is InChI=1S/C20H27N3O5S/c1-4-26-19(25)15-11(2)14-17(24)21-16(22-18(14)29-15)12(3)23-7-5-13(6-8-23)20-27-9-10-28-20/h12-13,20H,4-10H2,1-3H3,(H,21,22,24). The highest BCUT2D eigenvalue weighted by Gasteiger charge is 2.32. The van der Waals surface area contributed by atoms with Gasteiger partial charge in [-0.1, -0.05) is 0 Å². The number of carbonyl (C=O) groups is 1. The van der Waals surface area contributed by atoms with E-state index in [9.17, 15) is 9.59 Å². The lowest BCUT2D eigenvalue weighted by Gasteiger charge is -2.36. The SMILES string of the molecule is CCOC(=O)c1sc2nc(C(C)N3CCC(C4OCCO4)CC3)[nH]c(=O)c2c1C. The predicted octanol–water partition coefficient (Wildman–Crippen LogP) is 2.62. The molecule has 0 aliphatic carbocycles. The zero-order valence-electron chi connectivity index (χ0n) is 17.0. The van der Waals surface area contributed by atoms with Gasteiger partial charge in [-0.25, -0.2) is 9.78 Å². The van der Waals surface area contributed by atoms with Crippen LogP contribution < -0.4 is 5.56 Å². The molecule has 8 nitrogen and oxygen atoms in total. The third kappa shape index (κ3) is 3.96. The molecule has 0 amide bonds. The molecule has 2 aliphatic rings. The van der Waals surface area contributed by atoms with E-state index in [1.54, 1.807) is 13.8 Å². The summed E-state index contributed by atoms with van der Waals surface area (Å²) in [6, 6.07) is -0.0214. The molecular weight excluding hydrogens is 394 g/mol. The first-order chi connectivity index (χ1) is 14.0. The zero-order chi connectivity index (χ0) is 20.5. The van der Waals surface area contributed by atoms with Crippen LogP contribution in [0.2, 0.25) is 0 Å². The van der Waals surface area contributed by atoms with E-state index in [1.807, 2.05) is 0 Å². The lowest BCUT2D eigenvalue weighted by Crippen LogP contribution is -2.40. The van der Waals surface area contributed by atoms with E-state index in [1.165, 1.54) is 11.3 Å². The Morgan fingerprint density at radius 1 is 1.34 bits per heavy atom. The number of aromatic nitrogens is 2.